The van der Waals surface area contributed by atoms with Gasteiger partial charge in [0.1, 0.15) is 23.6 Å². The van der Waals surface area contributed by atoms with Crippen LogP contribution in [0.1, 0.15) is 17.4 Å². The first kappa shape index (κ1) is 23.6. The van der Waals surface area contributed by atoms with Gasteiger partial charge in [-0.3, -0.25) is 9.78 Å². The van der Waals surface area contributed by atoms with Crippen LogP contribution in [0.15, 0.2) is 65.8 Å². The van der Waals surface area contributed by atoms with Crippen LogP contribution in [-0.2, 0) is 0 Å². The Morgan fingerprint density at radius 2 is 1.84 bits per heavy atom. The second-order valence-electron chi connectivity index (χ2n) is 7.50. The molecule has 0 radical (unpaired) electrons. The van der Waals surface area contributed by atoms with Gasteiger partial charge in [0.15, 0.2) is 22.9 Å². The number of amides is 1. The summed E-state index contributed by atoms with van der Waals surface area (Å²) >= 11 is 0. The summed E-state index contributed by atoms with van der Waals surface area (Å²) in [5.41, 5.74) is 0.746. The third kappa shape index (κ3) is 4.85. The van der Waals surface area contributed by atoms with Gasteiger partial charge in [0, 0.05) is 17.6 Å². The number of benzene rings is 1. The molecule has 12 nitrogen and oxygen atoms in total. The summed E-state index contributed by atoms with van der Waals surface area (Å²) in [7, 11) is 3.13. The minimum atomic E-state index is -0.504. The molecule has 4 aromatic heterocycles. The SMILES string of the molecule is CCOc1cn(-c2ncco2)nc1C(=O)Nc1ccc(Oc2ccnc3cc(OC)c(OC)cc23)cn1. The number of anilines is 1. The lowest BCUT2D eigenvalue weighted by Crippen LogP contribution is -2.15. The third-order valence-corrected chi connectivity index (χ3v) is 5.22. The molecule has 12 heteroatoms. The monoisotopic (exact) mass is 502 g/mol. The molecule has 0 unspecified atom stereocenters. The number of fused-ring (bicyclic) bond motifs is 1. The van der Waals surface area contributed by atoms with Crippen LogP contribution in [0.2, 0.25) is 0 Å². The van der Waals surface area contributed by atoms with Gasteiger partial charge in [-0.2, -0.15) is 9.78 Å². The Bertz CT molecular complexity index is 1530. The Kier molecular flexibility index (Phi) is 6.53. The molecule has 5 rings (SSSR count). The Labute approximate surface area is 210 Å². The molecule has 0 fully saturated rings. The summed E-state index contributed by atoms with van der Waals surface area (Å²) in [6.07, 6.45) is 7.55. The molecule has 0 aliphatic carbocycles. The molecule has 5 aromatic rings. The fraction of sp³-hybridized carbons (Fsp3) is 0.160. The van der Waals surface area contributed by atoms with Crippen molar-refractivity contribution in [2.75, 3.05) is 26.1 Å². The molecule has 1 N–H and O–H groups in total. The standard InChI is InChI=1S/C25H22N6O6/c1-4-35-21-14-31(25-27-9-10-36-25)30-23(21)24(32)29-22-6-5-15(13-28-22)37-18-7-8-26-17-12-20(34-3)19(33-2)11-16(17)18/h5-14H,4H2,1-3H3,(H,28,29,32). The van der Waals surface area contributed by atoms with Crippen LogP contribution in [0.4, 0.5) is 5.82 Å². The predicted molar refractivity (Wildman–Crippen MR) is 132 cm³/mol. The number of pyridine rings is 2. The normalized spacial score (nSPS) is 10.8. The molecule has 0 saturated heterocycles. The maximum atomic E-state index is 12.9. The quantitative estimate of drug-likeness (QED) is 0.311. The number of carbonyl (C=O) groups is 1. The lowest BCUT2D eigenvalue weighted by molar-refractivity contribution is 0.101. The van der Waals surface area contributed by atoms with Crippen LogP contribution < -0.4 is 24.3 Å². The molecule has 0 saturated carbocycles. The van der Waals surface area contributed by atoms with Crippen LogP contribution in [0.5, 0.6) is 28.7 Å². The zero-order chi connectivity index (χ0) is 25.8. The van der Waals surface area contributed by atoms with Crippen LogP contribution >= 0.6 is 0 Å². The second-order valence-corrected chi connectivity index (χ2v) is 7.50. The molecule has 188 valence electrons. The van der Waals surface area contributed by atoms with E-state index in [4.69, 9.17) is 23.4 Å². The maximum Gasteiger partial charge on any atom is 0.322 e. The van der Waals surface area contributed by atoms with Crippen LogP contribution in [-0.4, -0.2) is 51.5 Å². The number of hydrogen-bond donors (Lipinski definition) is 1. The summed E-state index contributed by atoms with van der Waals surface area (Å²) in [5.74, 6) is 2.23. The Morgan fingerprint density at radius 1 is 1.00 bits per heavy atom. The van der Waals surface area contributed by atoms with Crippen molar-refractivity contribution in [1.82, 2.24) is 24.7 Å². The van der Waals surface area contributed by atoms with Crippen molar-refractivity contribution in [3.8, 4) is 34.8 Å². The van der Waals surface area contributed by atoms with E-state index in [1.165, 1.54) is 29.5 Å². The van der Waals surface area contributed by atoms with Crippen molar-refractivity contribution in [2.45, 2.75) is 6.92 Å². The van der Waals surface area contributed by atoms with Gasteiger partial charge >= 0.3 is 6.01 Å². The van der Waals surface area contributed by atoms with Gasteiger partial charge in [-0.1, -0.05) is 0 Å². The fourth-order valence-electron chi connectivity index (χ4n) is 3.56. The number of carbonyl (C=O) groups excluding carboxylic acids is 1. The van der Waals surface area contributed by atoms with Crippen LogP contribution in [0, 0.1) is 0 Å². The van der Waals surface area contributed by atoms with Gasteiger partial charge in [-0.15, -0.1) is 0 Å². The molecule has 0 aliphatic heterocycles. The third-order valence-electron chi connectivity index (χ3n) is 5.22. The number of nitrogens with zero attached hydrogens (tertiary/aromatic N) is 5. The Morgan fingerprint density at radius 3 is 2.54 bits per heavy atom. The van der Waals surface area contributed by atoms with E-state index in [2.05, 4.69) is 25.4 Å². The minimum Gasteiger partial charge on any atom is -0.493 e. The lowest BCUT2D eigenvalue weighted by atomic mass is 10.2. The summed E-state index contributed by atoms with van der Waals surface area (Å²) in [6, 6.07) is 8.82. The van der Waals surface area contributed by atoms with E-state index in [-0.39, 0.29) is 17.5 Å². The summed E-state index contributed by atoms with van der Waals surface area (Å²) < 4.78 is 28.9. The Balaban J connectivity index is 1.34. The molecule has 1 aromatic carbocycles. The molecule has 0 spiro atoms. The van der Waals surface area contributed by atoms with E-state index >= 15 is 0 Å². The smallest absolute Gasteiger partial charge is 0.322 e. The van der Waals surface area contributed by atoms with E-state index in [9.17, 15) is 4.79 Å². The number of aromatic nitrogens is 5. The number of hydrogen-bond acceptors (Lipinski definition) is 10. The van der Waals surface area contributed by atoms with Gasteiger partial charge in [0.05, 0.1) is 44.9 Å². The average Bonchev–Trinajstić information content (AvgIpc) is 3.60. The molecular formula is C25H22N6O6. The molecular weight excluding hydrogens is 480 g/mol. The molecule has 4 heterocycles. The zero-order valence-corrected chi connectivity index (χ0v) is 20.2. The zero-order valence-electron chi connectivity index (χ0n) is 20.2. The van der Waals surface area contributed by atoms with E-state index in [0.717, 1.165) is 5.39 Å². The summed E-state index contributed by atoms with van der Waals surface area (Å²) in [5, 5.41) is 7.69. The van der Waals surface area contributed by atoms with Gasteiger partial charge in [-0.25, -0.2) is 9.97 Å². The van der Waals surface area contributed by atoms with Crippen LogP contribution in [0.25, 0.3) is 16.9 Å². The topological polar surface area (TPSA) is 136 Å². The van der Waals surface area contributed by atoms with Crippen molar-refractivity contribution < 1.29 is 28.2 Å². The number of ether oxygens (including phenoxy) is 4. The number of methoxy groups -OCH3 is 2. The first-order valence-corrected chi connectivity index (χ1v) is 11.2. The number of oxazole rings is 1. The van der Waals surface area contributed by atoms with Gasteiger partial charge in [0.25, 0.3) is 5.91 Å². The number of nitrogens with one attached hydrogen (secondary N) is 1. The van der Waals surface area contributed by atoms with Gasteiger partial charge in [-0.05, 0) is 31.2 Å². The lowest BCUT2D eigenvalue weighted by Gasteiger charge is -2.12. The van der Waals surface area contributed by atoms with Crippen molar-refractivity contribution in [1.29, 1.82) is 0 Å². The van der Waals surface area contributed by atoms with Crippen molar-refractivity contribution in [2.24, 2.45) is 0 Å². The highest BCUT2D eigenvalue weighted by atomic mass is 16.5. The predicted octanol–water partition coefficient (Wildman–Crippen LogP) is 4.26. The molecule has 0 atom stereocenters. The average molecular weight is 502 g/mol. The van der Waals surface area contributed by atoms with Gasteiger partial charge < -0.3 is 28.7 Å². The maximum absolute atomic E-state index is 12.9. The largest absolute Gasteiger partial charge is 0.493 e. The second kappa shape index (κ2) is 10.2. The van der Waals surface area contributed by atoms with E-state index in [1.807, 2.05) is 6.92 Å². The van der Waals surface area contributed by atoms with Crippen LogP contribution in [0.3, 0.4) is 0 Å². The first-order chi connectivity index (χ1) is 18.1. The highest BCUT2D eigenvalue weighted by molar-refractivity contribution is 6.04. The van der Waals surface area contributed by atoms with E-state index in [0.29, 0.717) is 40.9 Å². The highest BCUT2D eigenvalue weighted by Crippen LogP contribution is 2.36. The van der Waals surface area contributed by atoms with Gasteiger partial charge in [0.2, 0.25) is 0 Å². The summed E-state index contributed by atoms with van der Waals surface area (Å²) in [4.78, 5) is 25.6. The van der Waals surface area contributed by atoms with Crippen molar-refractivity contribution in [3.05, 3.63) is 67.1 Å². The fourth-order valence-corrected chi connectivity index (χ4v) is 3.56. The first-order valence-electron chi connectivity index (χ1n) is 11.2. The summed E-state index contributed by atoms with van der Waals surface area (Å²) in [6.45, 7) is 2.16. The van der Waals surface area contributed by atoms with Crippen molar-refractivity contribution in [3.63, 3.8) is 0 Å². The molecule has 37 heavy (non-hydrogen) atoms. The number of rotatable bonds is 9. The van der Waals surface area contributed by atoms with E-state index < -0.39 is 5.91 Å². The molecule has 1 amide bonds. The van der Waals surface area contributed by atoms with Crippen molar-refractivity contribution >= 4 is 22.6 Å². The Hall–Kier alpha value is -5.13. The molecule has 0 aliphatic rings. The highest BCUT2D eigenvalue weighted by Gasteiger charge is 2.21. The van der Waals surface area contributed by atoms with E-state index in [1.54, 1.807) is 50.7 Å². The molecule has 0 bridgehead atoms. The minimum absolute atomic E-state index is 0.0646.